The first kappa shape index (κ1) is 20.3. The summed E-state index contributed by atoms with van der Waals surface area (Å²) in [5, 5.41) is 14.4. The zero-order valence-corrected chi connectivity index (χ0v) is 17.4. The van der Waals surface area contributed by atoms with E-state index in [1.165, 1.54) is 6.07 Å². The van der Waals surface area contributed by atoms with Gasteiger partial charge in [0, 0.05) is 29.5 Å². The Hall–Kier alpha value is -2.41. The molecule has 3 rings (SSSR count). The lowest BCUT2D eigenvalue weighted by molar-refractivity contribution is -0.384. The fourth-order valence-corrected chi connectivity index (χ4v) is 3.94. The molecule has 0 spiro atoms. The van der Waals surface area contributed by atoms with Crippen molar-refractivity contribution in [3.8, 4) is 0 Å². The molecule has 0 unspecified atom stereocenters. The smallest absolute Gasteiger partial charge is 0.292 e. The molecule has 0 aliphatic carbocycles. The van der Waals surface area contributed by atoms with Crippen LogP contribution in [0.1, 0.15) is 37.8 Å². The first-order valence-electron chi connectivity index (χ1n) is 9.53. The maximum absolute atomic E-state index is 12.8. The third kappa shape index (κ3) is 4.70. The minimum Gasteiger partial charge on any atom is -0.366 e. The van der Waals surface area contributed by atoms with Crippen LogP contribution in [0.25, 0.3) is 0 Å². The summed E-state index contributed by atoms with van der Waals surface area (Å²) in [5.74, 6) is 0.000460. The van der Waals surface area contributed by atoms with Gasteiger partial charge in [-0.3, -0.25) is 14.9 Å². The van der Waals surface area contributed by atoms with E-state index in [-0.39, 0.29) is 28.5 Å². The van der Waals surface area contributed by atoms with Crippen LogP contribution >= 0.6 is 15.9 Å². The lowest BCUT2D eigenvalue weighted by Crippen LogP contribution is -2.41. The zero-order valence-electron chi connectivity index (χ0n) is 15.8. The van der Waals surface area contributed by atoms with Crippen molar-refractivity contribution in [1.82, 2.24) is 5.32 Å². The molecule has 2 aromatic carbocycles. The van der Waals surface area contributed by atoms with Gasteiger partial charge >= 0.3 is 0 Å². The highest BCUT2D eigenvalue weighted by molar-refractivity contribution is 9.10. The summed E-state index contributed by atoms with van der Waals surface area (Å²) in [6, 6.07) is 14.8. The van der Waals surface area contributed by atoms with Gasteiger partial charge in [0.2, 0.25) is 5.91 Å². The summed E-state index contributed by atoms with van der Waals surface area (Å²) >= 11 is 3.43. The largest absolute Gasteiger partial charge is 0.366 e. The van der Waals surface area contributed by atoms with Crippen molar-refractivity contribution < 1.29 is 9.72 Å². The maximum Gasteiger partial charge on any atom is 0.292 e. The number of piperidine rings is 1. The number of amides is 1. The Kier molecular flexibility index (Phi) is 6.67. The van der Waals surface area contributed by atoms with Crippen molar-refractivity contribution in [3.63, 3.8) is 0 Å². The summed E-state index contributed by atoms with van der Waals surface area (Å²) in [7, 11) is 0. The number of carbonyl (C=O) groups excluding carboxylic acids is 1. The molecule has 0 bridgehead atoms. The van der Waals surface area contributed by atoms with Gasteiger partial charge in [0.15, 0.2) is 0 Å². The average Bonchev–Trinajstić information content (AvgIpc) is 2.72. The topological polar surface area (TPSA) is 75.5 Å². The van der Waals surface area contributed by atoms with Gasteiger partial charge in [-0.15, -0.1) is 0 Å². The SMILES string of the molecule is CC[C@@H](NC(=O)C1CCN(c2ccccc2[N+](=O)[O-])CC1)c1ccc(Br)cc1. The predicted octanol–water partition coefficient (Wildman–Crippen LogP) is 4.84. The Balaban J connectivity index is 1.61. The molecule has 28 heavy (non-hydrogen) atoms. The summed E-state index contributed by atoms with van der Waals surface area (Å²) in [6.45, 7) is 3.33. The van der Waals surface area contributed by atoms with Gasteiger partial charge in [0.25, 0.3) is 5.69 Å². The van der Waals surface area contributed by atoms with Crippen LogP contribution in [0.3, 0.4) is 0 Å². The van der Waals surface area contributed by atoms with Crippen LogP contribution < -0.4 is 10.2 Å². The molecule has 1 heterocycles. The maximum atomic E-state index is 12.8. The van der Waals surface area contributed by atoms with Crippen LogP contribution in [-0.4, -0.2) is 23.9 Å². The highest BCUT2D eigenvalue weighted by atomic mass is 79.9. The molecule has 6 nitrogen and oxygen atoms in total. The molecule has 7 heteroatoms. The van der Waals surface area contributed by atoms with E-state index < -0.39 is 0 Å². The quantitative estimate of drug-likeness (QED) is 0.509. The van der Waals surface area contributed by atoms with Gasteiger partial charge in [-0.25, -0.2) is 0 Å². The molecule has 1 atom stereocenters. The fourth-order valence-electron chi connectivity index (χ4n) is 3.67. The molecular weight excluding hydrogens is 422 g/mol. The lowest BCUT2D eigenvalue weighted by atomic mass is 9.94. The number of nitro benzene ring substituents is 1. The summed E-state index contributed by atoms with van der Waals surface area (Å²) in [5.41, 5.74) is 1.84. The second-order valence-electron chi connectivity index (χ2n) is 7.03. The Morgan fingerprint density at radius 2 is 1.86 bits per heavy atom. The number of anilines is 1. The van der Waals surface area contributed by atoms with Crippen molar-refractivity contribution >= 4 is 33.2 Å². The molecule has 1 aliphatic rings. The Morgan fingerprint density at radius 3 is 2.46 bits per heavy atom. The van der Waals surface area contributed by atoms with Crippen LogP contribution in [-0.2, 0) is 4.79 Å². The minimum absolute atomic E-state index is 0.00570. The Morgan fingerprint density at radius 1 is 1.21 bits per heavy atom. The van der Waals surface area contributed by atoms with Crippen molar-refractivity contribution in [3.05, 3.63) is 68.7 Å². The van der Waals surface area contributed by atoms with E-state index in [4.69, 9.17) is 0 Å². The second kappa shape index (κ2) is 9.19. The van der Waals surface area contributed by atoms with E-state index >= 15 is 0 Å². The molecule has 0 aromatic heterocycles. The minimum atomic E-state index is -0.349. The summed E-state index contributed by atoms with van der Waals surface area (Å²) in [4.78, 5) is 25.7. The van der Waals surface area contributed by atoms with E-state index in [2.05, 4.69) is 28.2 Å². The molecular formula is C21H24BrN3O3. The number of rotatable bonds is 6. The number of halogens is 1. The number of nitrogens with one attached hydrogen (secondary N) is 1. The number of hydrogen-bond acceptors (Lipinski definition) is 4. The number of para-hydroxylation sites is 2. The standard InChI is InChI=1S/C21H24BrN3O3/c1-2-18(15-7-9-17(22)10-8-15)23-21(26)16-11-13-24(14-12-16)19-5-3-4-6-20(19)25(27)28/h3-10,16,18H,2,11-14H2,1H3,(H,23,26)/t18-/m1/s1. The third-order valence-corrected chi connectivity index (χ3v) is 5.81. The fraction of sp³-hybridized carbons (Fsp3) is 0.381. The van der Waals surface area contributed by atoms with Gasteiger partial charge < -0.3 is 10.2 Å². The highest BCUT2D eigenvalue weighted by Crippen LogP contribution is 2.31. The van der Waals surface area contributed by atoms with E-state index in [1.807, 2.05) is 35.2 Å². The molecule has 1 fully saturated rings. The molecule has 1 saturated heterocycles. The first-order chi connectivity index (χ1) is 13.5. The number of benzene rings is 2. The predicted molar refractivity (Wildman–Crippen MR) is 113 cm³/mol. The van der Waals surface area contributed by atoms with Crippen LogP contribution in [0.4, 0.5) is 11.4 Å². The van der Waals surface area contributed by atoms with E-state index in [0.29, 0.717) is 31.6 Å². The number of carbonyl (C=O) groups is 1. The Labute approximate surface area is 173 Å². The van der Waals surface area contributed by atoms with Crippen molar-refractivity contribution in [1.29, 1.82) is 0 Å². The van der Waals surface area contributed by atoms with Gasteiger partial charge in [0.1, 0.15) is 5.69 Å². The molecule has 1 N–H and O–H groups in total. The molecule has 0 saturated carbocycles. The Bertz CT molecular complexity index is 833. The number of nitro groups is 1. The monoisotopic (exact) mass is 445 g/mol. The molecule has 2 aromatic rings. The third-order valence-electron chi connectivity index (χ3n) is 5.28. The van der Waals surface area contributed by atoms with Crippen LogP contribution in [0.5, 0.6) is 0 Å². The lowest BCUT2D eigenvalue weighted by Gasteiger charge is -2.33. The van der Waals surface area contributed by atoms with Gasteiger partial charge in [-0.2, -0.15) is 0 Å². The van der Waals surface area contributed by atoms with E-state index in [9.17, 15) is 14.9 Å². The van der Waals surface area contributed by atoms with Gasteiger partial charge in [-0.05, 0) is 43.0 Å². The zero-order chi connectivity index (χ0) is 20.1. The van der Waals surface area contributed by atoms with Crippen molar-refractivity contribution in [2.24, 2.45) is 5.92 Å². The van der Waals surface area contributed by atoms with Crippen molar-refractivity contribution in [2.45, 2.75) is 32.2 Å². The van der Waals surface area contributed by atoms with Crippen LogP contribution in [0, 0.1) is 16.0 Å². The van der Waals surface area contributed by atoms with E-state index in [0.717, 1.165) is 16.5 Å². The second-order valence-corrected chi connectivity index (χ2v) is 7.94. The highest BCUT2D eigenvalue weighted by Gasteiger charge is 2.29. The number of nitrogens with zero attached hydrogens (tertiary/aromatic N) is 2. The van der Waals surface area contributed by atoms with Crippen LogP contribution in [0.2, 0.25) is 0 Å². The summed E-state index contributed by atoms with van der Waals surface area (Å²) < 4.78 is 1.01. The first-order valence-corrected chi connectivity index (χ1v) is 10.3. The molecule has 1 aliphatic heterocycles. The number of hydrogen-bond donors (Lipinski definition) is 1. The molecule has 1 amide bonds. The van der Waals surface area contributed by atoms with E-state index in [1.54, 1.807) is 12.1 Å². The van der Waals surface area contributed by atoms with Gasteiger partial charge in [0.05, 0.1) is 11.0 Å². The molecule has 0 radical (unpaired) electrons. The molecule has 148 valence electrons. The van der Waals surface area contributed by atoms with Gasteiger partial charge in [-0.1, -0.05) is 47.1 Å². The summed E-state index contributed by atoms with van der Waals surface area (Å²) in [6.07, 6.45) is 2.20. The normalized spacial score (nSPS) is 15.9. The van der Waals surface area contributed by atoms with Crippen molar-refractivity contribution in [2.75, 3.05) is 18.0 Å². The average molecular weight is 446 g/mol. The van der Waals surface area contributed by atoms with Crippen LogP contribution in [0.15, 0.2) is 53.0 Å².